The zero-order chi connectivity index (χ0) is 26.3. The molecule has 0 radical (unpaired) electrons. The topological polar surface area (TPSA) is 122 Å². The molecule has 1 amide bonds. The largest absolute Gasteiger partial charge is 0.455 e. The first kappa shape index (κ1) is 27.6. The predicted molar refractivity (Wildman–Crippen MR) is 120 cm³/mol. The van der Waals surface area contributed by atoms with Crippen LogP contribution in [0.3, 0.4) is 0 Å². The molecule has 198 valence electrons. The van der Waals surface area contributed by atoms with Gasteiger partial charge in [0.05, 0.1) is 24.0 Å². The summed E-state index contributed by atoms with van der Waals surface area (Å²) in [6.45, 7) is 1.14. The number of alkyl halides is 3. The van der Waals surface area contributed by atoms with Gasteiger partial charge in [0, 0.05) is 44.1 Å². The van der Waals surface area contributed by atoms with Gasteiger partial charge in [0.1, 0.15) is 0 Å². The van der Waals surface area contributed by atoms with Crippen molar-refractivity contribution in [3.05, 3.63) is 36.5 Å². The smallest absolute Gasteiger partial charge is 0.454 e. The highest BCUT2D eigenvalue weighted by Crippen LogP contribution is 2.21. The van der Waals surface area contributed by atoms with E-state index in [0.29, 0.717) is 37.8 Å². The van der Waals surface area contributed by atoms with Crippen LogP contribution in [0.4, 0.5) is 18.9 Å². The molecule has 0 saturated carbocycles. The van der Waals surface area contributed by atoms with Gasteiger partial charge in [0.25, 0.3) is 11.7 Å². The van der Waals surface area contributed by atoms with E-state index in [2.05, 4.69) is 5.32 Å². The van der Waals surface area contributed by atoms with Crippen molar-refractivity contribution >= 4 is 33.4 Å². The molecule has 10 nitrogen and oxygen atoms in total. The Labute approximate surface area is 206 Å². The van der Waals surface area contributed by atoms with Gasteiger partial charge in [-0.2, -0.15) is 17.5 Å². The molecule has 36 heavy (non-hydrogen) atoms. The summed E-state index contributed by atoms with van der Waals surface area (Å²) in [4.78, 5) is 36.9. The summed E-state index contributed by atoms with van der Waals surface area (Å²) in [5.41, 5.74) is 0.325. The zero-order valence-electron chi connectivity index (χ0n) is 19.2. The normalized spacial score (nSPS) is 18.2. The number of morpholine rings is 1. The third kappa shape index (κ3) is 7.51. The van der Waals surface area contributed by atoms with E-state index in [1.807, 2.05) is 0 Å². The van der Waals surface area contributed by atoms with E-state index < -0.39 is 46.4 Å². The summed E-state index contributed by atoms with van der Waals surface area (Å²) in [7, 11) is -3.66. The lowest BCUT2D eigenvalue weighted by molar-refractivity contribution is -0.165. The van der Waals surface area contributed by atoms with E-state index >= 15 is 0 Å². The van der Waals surface area contributed by atoms with Crippen LogP contribution in [-0.2, 0) is 33.9 Å². The second-order valence-electron chi connectivity index (χ2n) is 8.18. The second-order valence-corrected chi connectivity index (χ2v) is 10.1. The van der Waals surface area contributed by atoms with E-state index in [-0.39, 0.29) is 31.1 Å². The maximum absolute atomic E-state index is 12.6. The molecule has 2 heterocycles. The van der Waals surface area contributed by atoms with E-state index in [0.717, 1.165) is 6.20 Å². The number of halogens is 3. The van der Waals surface area contributed by atoms with Crippen LogP contribution in [0.5, 0.6) is 0 Å². The fraction of sp³-hybridized carbons (Fsp3) is 0.500. The van der Waals surface area contributed by atoms with Gasteiger partial charge in [0.2, 0.25) is 10.0 Å². The van der Waals surface area contributed by atoms with E-state index in [1.54, 1.807) is 0 Å². The first-order chi connectivity index (χ1) is 17.0. The maximum Gasteiger partial charge on any atom is 0.454 e. The molecule has 0 spiro atoms. The number of likely N-dealkylation sites (tertiary alicyclic amines) is 1. The quantitative estimate of drug-likeness (QED) is 0.395. The van der Waals surface area contributed by atoms with E-state index in [4.69, 9.17) is 9.47 Å². The lowest BCUT2D eigenvalue weighted by atomic mass is 9.97. The number of esters is 1. The van der Waals surface area contributed by atoms with Gasteiger partial charge in [-0.15, -0.1) is 0 Å². The minimum absolute atomic E-state index is 0.0813. The Hall–Kier alpha value is -2.97. The summed E-state index contributed by atoms with van der Waals surface area (Å²) in [5, 5.41) is 2.52. The minimum Gasteiger partial charge on any atom is -0.455 e. The van der Waals surface area contributed by atoms with Gasteiger partial charge in [-0.1, -0.05) is 0 Å². The maximum atomic E-state index is 12.6. The molecule has 3 rings (SSSR count). The van der Waals surface area contributed by atoms with Gasteiger partial charge < -0.3 is 19.7 Å². The molecule has 1 N–H and O–H groups in total. The fourth-order valence-corrected chi connectivity index (χ4v) is 5.06. The molecule has 2 aliphatic heterocycles. The van der Waals surface area contributed by atoms with Crippen molar-refractivity contribution in [2.75, 3.05) is 51.3 Å². The summed E-state index contributed by atoms with van der Waals surface area (Å²) in [6.07, 6.45) is -2.83. The van der Waals surface area contributed by atoms with Crippen LogP contribution in [0, 0.1) is 5.92 Å². The predicted octanol–water partition coefficient (Wildman–Crippen LogP) is 1.55. The number of rotatable bonds is 8. The molecule has 2 saturated heterocycles. The van der Waals surface area contributed by atoms with Crippen molar-refractivity contribution in [1.29, 1.82) is 0 Å². The highest BCUT2D eigenvalue weighted by atomic mass is 32.2. The summed E-state index contributed by atoms with van der Waals surface area (Å²) in [5.74, 6) is -3.70. The highest BCUT2D eigenvalue weighted by Gasteiger charge is 2.36. The molecule has 14 heteroatoms. The number of nitrogens with one attached hydrogen (secondary N) is 1. The molecule has 1 aromatic carbocycles. The Bertz CT molecular complexity index is 1080. The van der Waals surface area contributed by atoms with Gasteiger partial charge in [0.15, 0.2) is 6.61 Å². The average Bonchev–Trinajstić information content (AvgIpc) is 2.86. The molecule has 0 aromatic heterocycles. The van der Waals surface area contributed by atoms with Gasteiger partial charge in [-0.3, -0.25) is 14.4 Å². The molecule has 2 fully saturated rings. The number of amides is 1. The lowest BCUT2D eigenvalue weighted by Crippen LogP contribution is -2.40. The standard InChI is InChI=1S/C22H26F3N3O7S/c23-22(24,25)19(29)7-10-27-8-5-16(6-9-27)21(31)35-15-20(30)26-17-1-3-18(4-2-17)36(32,33)28-11-13-34-14-12-28/h1-4,7,10,16H,5-6,8-9,11-15H2,(H,26,30)/b10-7+. The van der Waals surface area contributed by atoms with Crippen molar-refractivity contribution in [1.82, 2.24) is 9.21 Å². The number of piperidine rings is 1. The minimum atomic E-state index is -4.93. The van der Waals surface area contributed by atoms with Crippen LogP contribution < -0.4 is 5.32 Å². The highest BCUT2D eigenvalue weighted by molar-refractivity contribution is 7.89. The number of allylic oxidation sites excluding steroid dienone is 1. The van der Waals surface area contributed by atoms with Crippen LogP contribution >= 0.6 is 0 Å². The molecule has 0 aliphatic carbocycles. The monoisotopic (exact) mass is 533 g/mol. The van der Waals surface area contributed by atoms with Gasteiger partial charge in [-0.25, -0.2) is 8.42 Å². The molecular formula is C22H26F3N3O7S. The number of ketones is 1. The first-order valence-corrected chi connectivity index (χ1v) is 12.6. The van der Waals surface area contributed by atoms with Crippen molar-refractivity contribution < 1.29 is 45.4 Å². The van der Waals surface area contributed by atoms with E-state index in [1.165, 1.54) is 33.5 Å². The summed E-state index contributed by atoms with van der Waals surface area (Å²) in [6, 6.07) is 5.60. The van der Waals surface area contributed by atoms with Crippen LogP contribution in [0.15, 0.2) is 41.4 Å². The number of nitrogens with zero attached hydrogens (tertiary/aromatic N) is 2. The van der Waals surface area contributed by atoms with Crippen LogP contribution in [0.25, 0.3) is 0 Å². The number of carbonyl (C=O) groups is 3. The van der Waals surface area contributed by atoms with Crippen LogP contribution in [-0.4, -0.2) is 87.5 Å². The Balaban J connectivity index is 1.41. The molecule has 0 bridgehead atoms. The lowest BCUT2D eigenvalue weighted by Gasteiger charge is -2.29. The third-order valence-corrected chi connectivity index (χ3v) is 7.58. The fourth-order valence-electron chi connectivity index (χ4n) is 3.65. The Morgan fingerprint density at radius 1 is 1.06 bits per heavy atom. The summed E-state index contributed by atoms with van der Waals surface area (Å²) < 4.78 is 73.6. The van der Waals surface area contributed by atoms with Gasteiger partial charge >= 0.3 is 12.1 Å². The van der Waals surface area contributed by atoms with Crippen molar-refractivity contribution in [3.63, 3.8) is 0 Å². The third-order valence-electron chi connectivity index (χ3n) is 5.67. The van der Waals surface area contributed by atoms with E-state index in [9.17, 15) is 36.0 Å². The Morgan fingerprint density at radius 3 is 2.25 bits per heavy atom. The number of ether oxygens (including phenoxy) is 2. The average molecular weight is 534 g/mol. The van der Waals surface area contributed by atoms with Crippen molar-refractivity contribution in [2.45, 2.75) is 23.9 Å². The molecule has 0 unspecified atom stereocenters. The number of sulfonamides is 1. The number of hydrogen-bond donors (Lipinski definition) is 1. The number of hydrogen-bond acceptors (Lipinski definition) is 8. The zero-order valence-corrected chi connectivity index (χ0v) is 20.0. The second kappa shape index (κ2) is 11.8. The van der Waals surface area contributed by atoms with Gasteiger partial charge in [-0.05, 0) is 37.1 Å². The molecular weight excluding hydrogens is 507 g/mol. The molecule has 1 aromatic rings. The molecule has 2 aliphatic rings. The first-order valence-electron chi connectivity index (χ1n) is 11.1. The van der Waals surface area contributed by atoms with Crippen LogP contribution in [0.2, 0.25) is 0 Å². The number of benzene rings is 1. The number of anilines is 1. The molecule has 0 atom stereocenters. The SMILES string of the molecule is O=C(COC(=O)C1CCN(/C=C/C(=O)C(F)(F)F)CC1)Nc1ccc(S(=O)(=O)N2CCOCC2)cc1. The van der Waals surface area contributed by atoms with Crippen molar-refractivity contribution in [2.24, 2.45) is 5.92 Å². The van der Waals surface area contributed by atoms with Crippen LogP contribution in [0.1, 0.15) is 12.8 Å². The summed E-state index contributed by atoms with van der Waals surface area (Å²) >= 11 is 0. The Morgan fingerprint density at radius 2 is 1.67 bits per heavy atom. The Kier molecular flexibility index (Phi) is 9.08. The van der Waals surface area contributed by atoms with Crippen molar-refractivity contribution in [3.8, 4) is 0 Å². The number of carbonyl (C=O) groups excluding carboxylic acids is 3.